The zero-order chi connectivity index (χ0) is 22.0. The summed E-state index contributed by atoms with van der Waals surface area (Å²) in [7, 11) is -3.83. The molecule has 0 aromatic heterocycles. The summed E-state index contributed by atoms with van der Waals surface area (Å²) >= 11 is 0. The maximum atomic E-state index is 12.5. The summed E-state index contributed by atoms with van der Waals surface area (Å²) in [6, 6.07) is 32.7. The molecule has 1 aliphatic heterocycles. The van der Waals surface area contributed by atoms with Crippen LogP contribution in [0.3, 0.4) is 0 Å². The van der Waals surface area contributed by atoms with Gasteiger partial charge in [-0.2, -0.15) is 8.42 Å². The summed E-state index contributed by atoms with van der Waals surface area (Å²) in [5.41, 5.74) is 5.33. The Morgan fingerprint density at radius 2 is 1.34 bits per heavy atom. The van der Waals surface area contributed by atoms with Crippen molar-refractivity contribution in [3.05, 3.63) is 109 Å². The van der Waals surface area contributed by atoms with Gasteiger partial charge < -0.3 is 4.74 Å². The highest BCUT2D eigenvalue weighted by molar-refractivity contribution is 7.86. The van der Waals surface area contributed by atoms with Crippen molar-refractivity contribution in [2.24, 2.45) is 0 Å². The van der Waals surface area contributed by atoms with E-state index in [1.54, 1.807) is 18.2 Å². The number of benzene rings is 4. The average Bonchev–Trinajstić information content (AvgIpc) is 3.27. The molecule has 0 spiro atoms. The summed E-state index contributed by atoms with van der Waals surface area (Å²) in [6.45, 7) is -0.0409. The van der Waals surface area contributed by atoms with Gasteiger partial charge in [0.05, 0.1) is 4.90 Å². The van der Waals surface area contributed by atoms with Gasteiger partial charge in [-0.3, -0.25) is 4.18 Å². The quantitative estimate of drug-likeness (QED) is 0.358. The molecule has 4 nitrogen and oxygen atoms in total. The molecule has 0 amide bonds. The molecule has 1 atom stereocenters. The third-order valence-electron chi connectivity index (χ3n) is 5.53. The predicted octanol–water partition coefficient (Wildman–Crippen LogP) is 5.73. The summed E-state index contributed by atoms with van der Waals surface area (Å²) in [5.74, 6) is 0.793. The van der Waals surface area contributed by atoms with Gasteiger partial charge in [-0.25, -0.2) is 0 Å². The zero-order valence-corrected chi connectivity index (χ0v) is 18.2. The maximum Gasteiger partial charge on any atom is 0.297 e. The van der Waals surface area contributed by atoms with Gasteiger partial charge in [-0.05, 0) is 46.5 Å². The fraction of sp³-hybridized carbons (Fsp3) is 0.111. The van der Waals surface area contributed by atoms with Crippen LogP contribution in [-0.2, 0) is 20.7 Å². The Morgan fingerprint density at radius 1 is 0.750 bits per heavy atom. The van der Waals surface area contributed by atoms with Crippen molar-refractivity contribution < 1.29 is 17.3 Å². The van der Waals surface area contributed by atoms with E-state index >= 15 is 0 Å². The van der Waals surface area contributed by atoms with Crippen molar-refractivity contribution in [3.63, 3.8) is 0 Å². The summed E-state index contributed by atoms with van der Waals surface area (Å²) in [4.78, 5) is 0.145. The molecule has 4 aromatic carbocycles. The van der Waals surface area contributed by atoms with Gasteiger partial charge in [-0.1, -0.05) is 78.9 Å². The molecule has 5 heteroatoms. The van der Waals surface area contributed by atoms with Gasteiger partial charge in [-0.15, -0.1) is 0 Å². The van der Waals surface area contributed by atoms with Crippen LogP contribution in [-0.4, -0.2) is 21.1 Å². The van der Waals surface area contributed by atoms with Crippen LogP contribution in [0, 0.1) is 0 Å². The lowest BCUT2D eigenvalue weighted by molar-refractivity contribution is 0.152. The summed E-state index contributed by atoms with van der Waals surface area (Å²) < 4.78 is 36.6. The smallest absolute Gasteiger partial charge is 0.297 e. The van der Waals surface area contributed by atoms with Gasteiger partial charge >= 0.3 is 0 Å². The lowest BCUT2D eigenvalue weighted by atomic mass is 9.94. The molecule has 0 saturated carbocycles. The molecular weight excluding hydrogens is 420 g/mol. The largest absolute Gasteiger partial charge is 0.487 e. The lowest BCUT2D eigenvalue weighted by Gasteiger charge is -2.14. The molecule has 0 radical (unpaired) electrons. The zero-order valence-electron chi connectivity index (χ0n) is 17.3. The topological polar surface area (TPSA) is 52.6 Å². The first-order valence-electron chi connectivity index (χ1n) is 10.5. The van der Waals surface area contributed by atoms with Crippen molar-refractivity contribution in [3.8, 4) is 28.0 Å². The molecule has 5 rings (SSSR count). The molecule has 32 heavy (non-hydrogen) atoms. The summed E-state index contributed by atoms with van der Waals surface area (Å²) in [6.07, 6.45) is 0.206. The van der Waals surface area contributed by atoms with Gasteiger partial charge in [0.25, 0.3) is 10.1 Å². The van der Waals surface area contributed by atoms with E-state index in [4.69, 9.17) is 8.92 Å². The average molecular weight is 443 g/mol. The molecule has 0 aliphatic carbocycles. The highest BCUT2D eigenvalue weighted by Crippen LogP contribution is 2.42. The monoisotopic (exact) mass is 442 g/mol. The number of rotatable bonds is 6. The van der Waals surface area contributed by atoms with E-state index in [0.29, 0.717) is 6.42 Å². The Bertz CT molecular complexity index is 1320. The van der Waals surface area contributed by atoms with Gasteiger partial charge in [0, 0.05) is 12.0 Å². The predicted molar refractivity (Wildman–Crippen MR) is 125 cm³/mol. The Hall–Kier alpha value is -3.41. The van der Waals surface area contributed by atoms with Crippen molar-refractivity contribution in [2.75, 3.05) is 6.61 Å². The molecule has 0 fully saturated rings. The van der Waals surface area contributed by atoms with Crippen LogP contribution in [0.2, 0.25) is 0 Å². The molecule has 0 N–H and O–H groups in total. The van der Waals surface area contributed by atoms with Gasteiger partial charge in [0.2, 0.25) is 0 Å². The molecule has 1 heterocycles. The Balaban J connectivity index is 1.44. The van der Waals surface area contributed by atoms with Crippen molar-refractivity contribution in [1.82, 2.24) is 0 Å². The van der Waals surface area contributed by atoms with Crippen molar-refractivity contribution in [2.45, 2.75) is 17.4 Å². The highest BCUT2D eigenvalue weighted by Gasteiger charge is 2.29. The van der Waals surface area contributed by atoms with Crippen molar-refractivity contribution in [1.29, 1.82) is 0 Å². The van der Waals surface area contributed by atoms with Crippen LogP contribution in [0.4, 0.5) is 0 Å². The Morgan fingerprint density at radius 3 is 2.00 bits per heavy atom. The standard InChI is InChI=1S/C27H22O4S/c28-32(29,25-14-8-3-9-15-25)30-19-24-17-23-16-22(20-10-4-1-5-11-20)18-26(27(23)31-24)21-12-6-2-7-13-21/h1-16,18,24H,17,19H2. The number of hydrogen-bond donors (Lipinski definition) is 0. The first-order valence-corrected chi connectivity index (χ1v) is 11.9. The maximum absolute atomic E-state index is 12.5. The molecule has 160 valence electrons. The van der Waals surface area contributed by atoms with Crippen LogP contribution < -0.4 is 4.74 Å². The fourth-order valence-corrected chi connectivity index (χ4v) is 4.93. The van der Waals surface area contributed by atoms with Crippen LogP contribution in [0.15, 0.2) is 108 Å². The first kappa shape index (κ1) is 20.5. The third-order valence-corrected chi connectivity index (χ3v) is 6.83. The first-order chi connectivity index (χ1) is 15.6. The second-order valence-corrected chi connectivity index (χ2v) is 9.36. The number of ether oxygens (including phenoxy) is 1. The van der Waals surface area contributed by atoms with Crippen LogP contribution >= 0.6 is 0 Å². The SMILES string of the molecule is O=S(=O)(OCC1Cc2cc(-c3ccccc3)cc(-c3ccccc3)c2O1)c1ccccc1. The van der Waals surface area contributed by atoms with E-state index in [1.807, 2.05) is 36.4 Å². The molecule has 0 saturated heterocycles. The van der Waals surface area contributed by atoms with Crippen LogP contribution in [0.5, 0.6) is 5.75 Å². The van der Waals surface area contributed by atoms with Crippen LogP contribution in [0.1, 0.15) is 5.56 Å². The Labute approximate surface area is 188 Å². The van der Waals surface area contributed by atoms with E-state index in [2.05, 4.69) is 36.4 Å². The molecular formula is C27H22O4S. The minimum Gasteiger partial charge on any atom is -0.487 e. The van der Waals surface area contributed by atoms with E-state index < -0.39 is 10.1 Å². The van der Waals surface area contributed by atoms with E-state index in [0.717, 1.165) is 33.6 Å². The summed E-state index contributed by atoms with van der Waals surface area (Å²) in [5, 5.41) is 0. The normalized spacial score (nSPS) is 15.2. The molecule has 4 aromatic rings. The number of hydrogen-bond acceptors (Lipinski definition) is 4. The second kappa shape index (κ2) is 8.61. The van der Waals surface area contributed by atoms with Gasteiger partial charge in [0.1, 0.15) is 18.5 Å². The van der Waals surface area contributed by atoms with Crippen molar-refractivity contribution >= 4 is 10.1 Å². The third kappa shape index (κ3) is 4.17. The minimum atomic E-state index is -3.83. The van der Waals surface area contributed by atoms with E-state index in [-0.39, 0.29) is 17.6 Å². The Kier molecular flexibility index (Phi) is 5.52. The fourth-order valence-electron chi connectivity index (χ4n) is 3.98. The molecule has 1 unspecified atom stereocenters. The molecule has 0 bridgehead atoms. The highest BCUT2D eigenvalue weighted by atomic mass is 32.2. The van der Waals surface area contributed by atoms with Crippen LogP contribution in [0.25, 0.3) is 22.3 Å². The number of fused-ring (bicyclic) bond motifs is 1. The lowest BCUT2D eigenvalue weighted by Crippen LogP contribution is -2.23. The van der Waals surface area contributed by atoms with Gasteiger partial charge in [0.15, 0.2) is 0 Å². The minimum absolute atomic E-state index is 0.0409. The second-order valence-electron chi connectivity index (χ2n) is 7.74. The van der Waals surface area contributed by atoms with E-state index in [9.17, 15) is 8.42 Å². The van der Waals surface area contributed by atoms with E-state index in [1.165, 1.54) is 12.1 Å². The molecule has 1 aliphatic rings.